The normalized spacial score (nSPS) is 22.1. The maximum Gasteiger partial charge on any atom is 0.228 e. The van der Waals surface area contributed by atoms with Gasteiger partial charge < -0.3 is 14.9 Å². The van der Waals surface area contributed by atoms with E-state index in [2.05, 4.69) is 0 Å². The van der Waals surface area contributed by atoms with Gasteiger partial charge in [0.1, 0.15) is 0 Å². The molecule has 1 aromatic carbocycles. The number of amides is 2. The van der Waals surface area contributed by atoms with Gasteiger partial charge in [-0.3, -0.25) is 9.59 Å². The van der Waals surface area contributed by atoms with Crippen LogP contribution in [0.15, 0.2) is 24.3 Å². The second-order valence-corrected chi connectivity index (χ2v) is 6.45. The Morgan fingerprint density at radius 2 is 1.91 bits per heavy atom. The van der Waals surface area contributed by atoms with Crippen molar-refractivity contribution in [2.45, 2.75) is 19.9 Å². The van der Waals surface area contributed by atoms with Crippen molar-refractivity contribution in [1.82, 2.24) is 9.80 Å². The number of aliphatic hydroxyl groups excluding tert-OH is 1. The minimum atomic E-state index is -0.224. The summed E-state index contributed by atoms with van der Waals surface area (Å²) in [7, 11) is 0. The van der Waals surface area contributed by atoms with Crippen LogP contribution in [0.3, 0.4) is 0 Å². The molecule has 118 valence electrons. The van der Waals surface area contributed by atoms with E-state index in [1.54, 1.807) is 9.80 Å². The zero-order valence-electron chi connectivity index (χ0n) is 12.9. The van der Waals surface area contributed by atoms with Crippen LogP contribution in [0.5, 0.6) is 0 Å². The Morgan fingerprint density at radius 1 is 1.23 bits per heavy atom. The molecule has 0 radical (unpaired) electrons. The van der Waals surface area contributed by atoms with Gasteiger partial charge >= 0.3 is 0 Å². The number of carbonyl (C=O) groups is 2. The van der Waals surface area contributed by atoms with Gasteiger partial charge in [0.2, 0.25) is 11.8 Å². The topological polar surface area (TPSA) is 60.9 Å². The molecule has 2 fully saturated rings. The highest BCUT2D eigenvalue weighted by Gasteiger charge is 2.40. The van der Waals surface area contributed by atoms with Crippen LogP contribution in [0.4, 0.5) is 0 Å². The van der Waals surface area contributed by atoms with Gasteiger partial charge in [0.05, 0.1) is 5.92 Å². The number of aliphatic hydroxyl groups is 1. The smallest absolute Gasteiger partial charge is 0.228 e. The van der Waals surface area contributed by atoms with E-state index >= 15 is 0 Å². The van der Waals surface area contributed by atoms with Crippen molar-refractivity contribution in [3.8, 4) is 0 Å². The Bertz CT molecular complexity index is 564. The Hall–Kier alpha value is -1.88. The fraction of sp³-hybridized carbons (Fsp3) is 0.529. The van der Waals surface area contributed by atoms with Crippen LogP contribution >= 0.6 is 0 Å². The van der Waals surface area contributed by atoms with Crippen LogP contribution in [-0.4, -0.2) is 53.0 Å². The van der Waals surface area contributed by atoms with Gasteiger partial charge in [-0.05, 0) is 12.5 Å². The van der Waals surface area contributed by atoms with Crippen molar-refractivity contribution in [1.29, 1.82) is 0 Å². The summed E-state index contributed by atoms with van der Waals surface area (Å²) in [5.41, 5.74) is 2.29. The van der Waals surface area contributed by atoms with Crippen molar-refractivity contribution in [2.75, 3.05) is 26.2 Å². The van der Waals surface area contributed by atoms with E-state index in [9.17, 15) is 9.59 Å². The van der Waals surface area contributed by atoms with Gasteiger partial charge in [-0.15, -0.1) is 0 Å². The van der Waals surface area contributed by atoms with Crippen LogP contribution in [0.2, 0.25) is 0 Å². The first kappa shape index (κ1) is 15.0. The molecule has 1 N–H and O–H groups in total. The van der Waals surface area contributed by atoms with Crippen LogP contribution in [-0.2, 0) is 16.1 Å². The molecule has 22 heavy (non-hydrogen) atoms. The molecule has 1 atom stereocenters. The van der Waals surface area contributed by atoms with Crippen LogP contribution in [0.1, 0.15) is 17.5 Å². The number of hydrogen-bond acceptors (Lipinski definition) is 3. The summed E-state index contributed by atoms with van der Waals surface area (Å²) in [6.07, 6.45) is 0.311. The van der Waals surface area contributed by atoms with E-state index < -0.39 is 0 Å². The molecular formula is C17H22N2O3. The van der Waals surface area contributed by atoms with Gasteiger partial charge in [0.15, 0.2) is 0 Å². The molecule has 2 amide bonds. The third-order valence-corrected chi connectivity index (χ3v) is 4.58. The summed E-state index contributed by atoms with van der Waals surface area (Å²) in [5, 5.41) is 9.02. The lowest BCUT2D eigenvalue weighted by Crippen LogP contribution is -2.53. The van der Waals surface area contributed by atoms with E-state index in [0.29, 0.717) is 32.6 Å². The van der Waals surface area contributed by atoms with Crippen LogP contribution in [0.25, 0.3) is 0 Å². The molecule has 0 aromatic heterocycles. The van der Waals surface area contributed by atoms with E-state index in [1.165, 1.54) is 5.56 Å². The second kappa shape index (κ2) is 6.08. The molecule has 0 saturated carbocycles. The Labute approximate surface area is 130 Å². The summed E-state index contributed by atoms with van der Waals surface area (Å²) < 4.78 is 0. The van der Waals surface area contributed by atoms with Gasteiger partial charge in [-0.1, -0.05) is 29.8 Å². The molecule has 2 saturated heterocycles. The zero-order valence-corrected chi connectivity index (χ0v) is 12.9. The van der Waals surface area contributed by atoms with Crippen molar-refractivity contribution in [3.63, 3.8) is 0 Å². The molecule has 0 aliphatic carbocycles. The van der Waals surface area contributed by atoms with Crippen LogP contribution < -0.4 is 0 Å². The lowest BCUT2D eigenvalue weighted by Gasteiger charge is -2.39. The molecule has 2 aliphatic rings. The monoisotopic (exact) mass is 302 g/mol. The summed E-state index contributed by atoms with van der Waals surface area (Å²) in [4.78, 5) is 28.0. The second-order valence-electron chi connectivity index (χ2n) is 6.45. The minimum absolute atomic E-state index is 0.0538. The van der Waals surface area contributed by atoms with E-state index in [4.69, 9.17) is 5.11 Å². The molecule has 5 heteroatoms. The number of nitrogens with zero attached hydrogens (tertiary/aromatic N) is 2. The Balaban J connectivity index is 1.56. The van der Waals surface area contributed by atoms with Crippen LogP contribution in [0, 0.1) is 18.8 Å². The van der Waals surface area contributed by atoms with Gasteiger partial charge in [0, 0.05) is 45.1 Å². The first-order chi connectivity index (χ1) is 10.6. The number of carbonyl (C=O) groups excluding carboxylic acids is 2. The average Bonchev–Trinajstić information content (AvgIpc) is 2.81. The quantitative estimate of drug-likeness (QED) is 0.895. The summed E-state index contributed by atoms with van der Waals surface area (Å²) >= 11 is 0. The molecule has 2 heterocycles. The van der Waals surface area contributed by atoms with Crippen molar-refractivity contribution in [2.24, 2.45) is 11.8 Å². The zero-order chi connectivity index (χ0) is 15.7. The van der Waals surface area contributed by atoms with E-state index in [0.717, 1.165) is 5.56 Å². The lowest BCUT2D eigenvalue weighted by molar-refractivity contribution is -0.142. The number of hydrogen-bond donors (Lipinski definition) is 1. The molecule has 0 unspecified atom stereocenters. The summed E-state index contributed by atoms with van der Waals surface area (Å²) in [6, 6.07) is 8.12. The number of aryl methyl sites for hydroxylation is 1. The van der Waals surface area contributed by atoms with Gasteiger partial charge in [-0.2, -0.15) is 0 Å². The van der Waals surface area contributed by atoms with Gasteiger partial charge in [-0.25, -0.2) is 0 Å². The molecule has 3 rings (SSSR count). The number of rotatable bonds is 4. The first-order valence-corrected chi connectivity index (χ1v) is 7.79. The number of benzene rings is 1. The fourth-order valence-corrected chi connectivity index (χ4v) is 3.13. The highest BCUT2D eigenvalue weighted by molar-refractivity contribution is 5.89. The fourth-order valence-electron chi connectivity index (χ4n) is 3.13. The summed E-state index contributed by atoms with van der Waals surface area (Å²) in [6.45, 7) is 4.49. The highest BCUT2D eigenvalue weighted by Crippen LogP contribution is 2.25. The molecule has 0 bridgehead atoms. The summed E-state index contributed by atoms with van der Waals surface area (Å²) in [5.74, 6) is 0.102. The SMILES string of the molecule is Cc1ccc(CN2C[C@@H](C(=O)N3CC(CO)C3)CC2=O)cc1. The maximum absolute atomic E-state index is 12.3. The standard InChI is InChI=1S/C17H22N2O3/c1-12-2-4-13(5-3-12)7-18-10-15(6-16(18)21)17(22)19-8-14(9-19)11-20/h2-5,14-15,20H,6-11H2,1H3/t15-/m0/s1. The minimum Gasteiger partial charge on any atom is -0.396 e. The Morgan fingerprint density at radius 3 is 2.55 bits per heavy atom. The molecule has 2 aliphatic heterocycles. The average molecular weight is 302 g/mol. The van der Waals surface area contributed by atoms with Gasteiger partial charge in [0.25, 0.3) is 0 Å². The van der Waals surface area contributed by atoms with Crippen molar-refractivity contribution < 1.29 is 14.7 Å². The third-order valence-electron chi connectivity index (χ3n) is 4.58. The largest absolute Gasteiger partial charge is 0.396 e. The first-order valence-electron chi connectivity index (χ1n) is 7.79. The van der Waals surface area contributed by atoms with E-state index in [-0.39, 0.29) is 30.3 Å². The molecule has 1 aromatic rings. The highest BCUT2D eigenvalue weighted by atomic mass is 16.3. The molecule has 5 nitrogen and oxygen atoms in total. The lowest BCUT2D eigenvalue weighted by atomic mass is 9.97. The number of likely N-dealkylation sites (tertiary alicyclic amines) is 2. The molecule has 0 spiro atoms. The molecular weight excluding hydrogens is 280 g/mol. The maximum atomic E-state index is 12.3. The van der Waals surface area contributed by atoms with Crippen molar-refractivity contribution in [3.05, 3.63) is 35.4 Å². The predicted octanol–water partition coefficient (Wildman–Crippen LogP) is 0.794. The predicted molar refractivity (Wildman–Crippen MR) is 81.9 cm³/mol. The van der Waals surface area contributed by atoms with E-state index in [1.807, 2.05) is 31.2 Å². The van der Waals surface area contributed by atoms with Crippen molar-refractivity contribution >= 4 is 11.8 Å². The third kappa shape index (κ3) is 2.99. The Kier molecular flexibility index (Phi) is 4.16.